The van der Waals surface area contributed by atoms with Gasteiger partial charge in [0.05, 0.1) is 18.8 Å². The topological polar surface area (TPSA) is 77.4 Å². The summed E-state index contributed by atoms with van der Waals surface area (Å²) in [5.41, 5.74) is 2.42. The number of hydrogen-bond donors (Lipinski definition) is 0. The minimum atomic E-state index is 0.200. The van der Waals surface area contributed by atoms with Crippen molar-refractivity contribution in [3.05, 3.63) is 42.0 Å². The molecule has 136 valence electrons. The van der Waals surface area contributed by atoms with Crippen LogP contribution in [0.4, 0.5) is 0 Å². The normalized spacial score (nSPS) is 21.2. The molecule has 1 aliphatic rings. The van der Waals surface area contributed by atoms with E-state index in [2.05, 4.69) is 34.1 Å². The molecule has 2 atom stereocenters. The van der Waals surface area contributed by atoms with E-state index in [0.29, 0.717) is 29.8 Å². The van der Waals surface area contributed by atoms with Crippen LogP contribution in [0, 0.1) is 6.92 Å². The summed E-state index contributed by atoms with van der Waals surface area (Å²) >= 11 is 0. The molecule has 0 radical (unpaired) electrons. The Bertz CT molecular complexity index is 864. The van der Waals surface area contributed by atoms with E-state index in [-0.39, 0.29) is 12.2 Å². The maximum atomic E-state index is 5.94. The van der Waals surface area contributed by atoms with Gasteiger partial charge in [-0.1, -0.05) is 35.5 Å². The Balaban J connectivity index is 1.58. The van der Waals surface area contributed by atoms with Crippen LogP contribution in [-0.2, 0) is 11.3 Å². The van der Waals surface area contributed by atoms with E-state index in [1.807, 2.05) is 37.3 Å². The molecule has 0 saturated carbocycles. The van der Waals surface area contributed by atoms with Crippen LogP contribution in [0.5, 0.6) is 0 Å². The molecule has 26 heavy (non-hydrogen) atoms. The molecule has 0 bridgehead atoms. The number of aryl methyl sites for hydroxylation is 1. The largest absolute Gasteiger partial charge is 0.419 e. The van der Waals surface area contributed by atoms with Crippen LogP contribution in [0.15, 0.2) is 39.3 Å². The number of ether oxygens (including phenoxy) is 1. The lowest BCUT2D eigenvalue weighted by atomic mass is 10.1. The third-order valence-corrected chi connectivity index (χ3v) is 4.44. The summed E-state index contributed by atoms with van der Waals surface area (Å²) in [5, 5.41) is 12.6. The molecule has 7 nitrogen and oxygen atoms in total. The first-order valence-electron chi connectivity index (χ1n) is 8.82. The lowest BCUT2D eigenvalue weighted by Crippen LogP contribution is -2.44. The van der Waals surface area contributed by atoms with Crippen molar-refractivity contribution in [1.29, 1.82) is 0 Å². The monoisotopic (exact) mass is 354 g/mol. The molecular weight excluding hydrogens is 332 g/mol. The molecular formula is C19H22N4O3. The zero-order valence-electron chi connectivity index (χ0n) is 15.2. The van der Waals surface area contributed by atoms with Crippen molar-refractivity contribution in [2.24, 2.45) is 0 Å². The first-order valence-corrected chi connectivity index (χ1v) is 8.82. The Labute approximate surface area is 152 Å². The average Bonchev–Trinajstić information content (AvgIpc) is 3.21. The van der Waals surface area contributed by atoms with E-state index in [4.69, 9.17) is 13.7 Å². The second-order valence-corrected chi connectivity index (χ2v) is 6.78. The SMILES string of the molecule is Cc1onc(-c2ccccc2)c1-c1nnc(CN2CC(C)OC(C)C2)o1. The van der Waals surface area contributed by atoms with Gasteiger partial charge in [-0.2, -0.15) is 0 Å². The van der Waals surface area contributed by atoms with Crippen molar-refractivity contribution in [1.82, 2.24) is 20.3 Å². The first-order chi connectivity index (χ1) is 12.6. The van der Waals surface area contributed by atoms with E-state index in [9.17, 15) is 0 Å². The lowest BCUT2D eigenvalue weighted by molar-refractivity contribution is -0.0721. The smallest absolute Gasteiger partial charge is 0.253 e. The summed E-state index contributed by atoms with van der Waals surface area (Å²) in [6.45, 7) is 8.32. The second kappa shape index (κ2) is 7.01. The third kappa shape index (κ3) is 3.40. The van der Waals surface area contributed by atoms with Crippen molar-refractivity contribution in [3.63, 3.8) is 0 Å². The molecule has 1 aromatic carbocycles. The van der Waals surface area contributed by atoms with Crippen LogP contribution in [0.1, 0.15) is 25.5 Å². The molecule has 4 rings (SSSR count). The van der Waals surface area contributed by atoms with Crippen LogP contribution >= 0.6 is 0 Å². The molecule has 2 unspecified atom stereocenters. The fourth-order valence-electron chi connectivity index (χ4n) is 3.44. The molecule has 7 heteroatoms. The minimum Gasteiger partial charge on any atom is -0.419 e. The highest BCUT2D eigenvalue weighted by Gasteiger charge is 2.25. The molecule has 1 aliphatic heterocycles. The highest BCUT2D eigenvalue weighted by Crippen LogP contribution is 2.33. The Hall–Kier alpha value is -2.51. The number of aromatic nitrogens is 3. The Morgan fingerprint density at radius 2 is 1.81 bits per heavy atom. The zero-order chi connectivity index (χ0) is 18.1. The van der Waals surface area contributed by atoms with E-state index in [0.717, 1.165) is 24.2 Å². The fraction of sp³-hybridized carbons (Fsp3) is 0.421. The molecule has 0 N–H and O–H groups in total. The number of rotatable bonds is 4. The quantitative estimate of drug-likeness (QED) is 0.711. The van der Waals surface area contributed by atoms with E-state index >= 15 is 0 Å². The van der Waals surface area contributed by atoms with Gasteiger partial charge in [0.15, 0.2) is 0 Å². The minimum absolute atomic E-state index is 0.200. The van der Waals surface area contributed by atoms with Gasteiger partial charge in [0.25, 0.3) is 5.89 Å². The summed E-state index contributed by atoms with van der Waals surface area (Å²) in [6.07, 6.45) is 0.400. The fourth-order valence-corrected chi connectivity index (χ4v) is 3.44. The van der Waals surface area contributed by atoms with Gasteiger partial charge in [-0.05, 0) is 20.8 Å². The summed E-state index contributed by atoms with van der Waals surface area (Å²) in [4.78, 5) is 2.27. The average molecular weight is 354 g/mol. The molecule has 0 spiro atoms. The van der Waals surface area contributed by atoms with E-state index < -0.39 is 0 Å². The van der Waals surface area contributed by atoms with Gasteiger partial charge in [-0.25, -0.2) is 0 Å². The maximum absolute atomic E-state index is 5.94. The van der Waals surface area contributed by atoms with Crippen LogP contribution in [-0.4, -0.2) is 45.6 Å². The van der Waals surface area contributed by atoms with Gasteiger partial charge < -0.3 is 13.7 Å². The number of benzene rings is 1. The van der Waals surface area contributed by atoms with Crippen molar-refractivity contribution in [2.45, 2.75) is 39.5 Å². The lowest BCUT2D eigenvalue weighted by Gasteiger charge is -2.34. The third-order valence-electron chi connectivity index (χ3n) is 4.44. The van der Waals surface area contributed by atoms with Crippen LogP contribution < -0.4 is 0 Å². The molecule has 1 fully saturated rings. The van der Waals surface area contributed by atoms with Gasteiger partial charge >= 0.3 is 0 Å². The van der Waals surface area contributed by atoms with Crippen molar-refractivity contribution < 1.29 is 13.7 Å². The maximum Gasteiger partial charge on any atom is 0.253 e. The van der Waals surface area contributed by atoms with Gasteiger partial charge in [0.1, 0.15) is 17.0 Å². The molecule has 0 aliphatic carbocycles. The highest BCUT2D eigenvalue weighted by molar-refractivity contribution is 5.77. The zero-order valence-corrected chi connectivity index (χ0v) is 15.2. The molecule has 2 aromatic heterocycles. The molecule has 1 saturated heterocycles. The summed E-state index contributed by atoms with van der Waals surface area (Å²) in [6, 6.07) is 9.85. The number of hydrogen-bond acceptors (Lipinski definition) is 7. The van der Waals surface area contributed by atoms with Crippen molar-refractivity contribution >= 4 is 0 Å². The predicted octanol–water partition coefficient (Wildman–Crippen LogP) is 3.31. The van der Waals surface area contributed by atoms with Gasteiger partial charge in [-0.15, -0.1) is 10.2 Å². The van der Waals surface area contributed by atoms with Gasteiger partial charge in [-0.3, -0.25) is 4.90 Å². The van der Waals surface area contributed by atoms with E-state index in [1.165, 1.54) is 0 Å². The Morgan fingerprint density at radius 3 is 2.54 bits per heavy atom. The summed E-state index contributed by atoms with van der Waals surface area (Å²) < 4.78 is 17.1. The Kier molecular flexibility index (Phi) is 4.57. The summed E-state index contributed by atoms with van der Waals surface area (Å²) in [5.74, 6) is 1.68. The number of nitrogens with zero attached hydrogens (tertiary/aromatic N) is 4. The molecule has 3 aromatic rings. The molecule has 3 heterocycles. The van der Waals surface area contributed by atoms with Crippen LogP contribution in [0.25, 0.3) is 22.7 Å². The van der Waals surface area contributed by atoms with Crippen molar-refractivity contribution in [2.75, 3.05) is 13.1 Å². The first kappa shape index (κ1) is 16.9. The van der Waals surface area contributed by atoms with Gasteiger partial charge in [0, 0.05) is 18.7 Å². The number of morpholine rings is 1. The molecule has 0 amide bonds. The predicted molar refractivity (Wildman–Crippen MR) is 95.3 cm³/mol. The van der Waals surface area contributed by atoms with E-state index in [1.54, 1.807) is 0 Å². The second-order valence-electron chi connectivity index (χ2n) is 6.78. The standard InChI is InChI=1S/C19H22N4O3/c1-12-9-23(10-13(2)24-12)11-16-20-21-19(25-16)17-14(3)26-22-18(17)15-7-5-4-6-8-15/h4-8,12-13H,9-11H2,1-3H3. The highest BCUT2D eigenvalue weighted by atomic mass is 16.5. The summed E-state index contributed by atoms with van der Waals surface area (Å²) in [7, 11) is 0. The van der Waals surface area contributed by atoms with Crippen LogP contribution in [0.3, 0.4) is 0 Å². The van der Waals surface area contributed by atoms with Crippen molar-refractivity contribution in [3.8, 4) is 22.7 Å². The Morgan fingerprint density at radius 1 is 1.08 bits per heavy atom. The van der Waals surface area contributed by atoms with Gasteiger partial charge in [0.2, 0.25) is 5.89 Å². The van der Waals surface area contributed by atoms with Crippen LogP contribution in [0.2, 0.25) is 0 Å².